The van der Waals surface area contributed by atoms with Crippen LogP contribution in [0.1, 0.15) is 43.5 Å². The Balaban J connectivity index is 1.97. The average molecular weight is 345 g/mol. The van der Waals surface area contributed by atoms with E-state index in [-0.39, 0.29) is 11.5 Å². The molecular formula is C18H23N3O2S. The minimum Gasteiger partial charge on any atom is -0.339 e. The Morgan fingerprint density at radius 1 is 1.33 bits per heavy atom. The quantitative estimate of drug-likeness (QED) is 0.849. The number of rotatable bonds is 2. The van der Waals surface area contributed by atoms with Crippen LogP contribution in [0, 0.1) is 10.7 Å². The lowest BCUT2D eigenvalue weighted by Crippen LogP contribution is -2.32. The van der Waals surface area contributed by atoms with Crippen LogP contribution in [-0.4, -0.2) is 33.4 Å². The van der Waals surface area contributed by atoms with Gasteiger partial charge >= 0.3 is 0 Å². The van der Waals surface area contributed by atoms with Crippen molar-refractivity contribution in [1.29, 1.82) is 0 Å². The number of H-pyrrole nitrogens is 1. The molecule has 24 heavy (non-hydrogen) atoms. The molecule has 1 N–H and O–H groups in total. The predicted molar refractivity (Wildman–Crippen MR) is 98.0 cm³/mol. The van der Waals surface area contributed by atoms with Crippen molar-refractivity contribution in [3.05, 3.63) is 38.9 Å². The van der Waals surface area contributed by atoms with Gasteiger partial charge in [0.25, 0.3) is 11.5 Å². The Kier molecular flexibility index (Phi) is 4.85. The fourth-order valence-electron chi connectivity index (χ4n) is 3.32. The fourth-order valence-corrected chi connectivity index (χ4v) is 3.65. The van der Waals surface area contributed by atoms with Gasteiger partial charge in [-0.1, -0.05) is 6.92 Å². The maximum atomic E-state index is 12.8. The van der Waals surface area contributed by atoms with Crippen molar-refractivity contribution in [2.75, 3.05) is 13.1 Å². The number of fused-ring (bicyclic) bond motifs is 1. The Morgan fingerprint density at radius 3 is 2.88 bits per heavy atom. The van der Waals surface area contributed by atoms with E-state index >= 15 is 0 Å². The maximum absolute atomic E-state index is 12.8. The van der Waals surface area contributed by atoms with Gasteiger partial charge in [0.05, 0.1) is 10.9 Å². The number of amides is 1. The Bertz CT molecular complexity index is 884. The topological polar surface area (TPSA) is 58.1 Å². The summed E-state index contributed by atoms with van der Waals surface area (Å²) in [6, 6.07) is 5.23. The third-order valence-corrected chi connectivity index (χ3v) is 5.17. The van der Waals surface area contributed by atoms with Crippen molar-refractivity contribution in [3.63, 3.8) is 0 Å². The highest BCUT2D eigenvalue weighted by atomic mass is 32.1. The van der Waals surface area contributed by atoms with Gasteiger partial charge in [-0.3, -0.25) is 14.2 Å². The zero-order chi connectivity index (χ0) is 17.3. The molecule has 5 nitrogen and oxygen atoms in total. The molecule has 1 aromatic heterocycles. The molecule has 128 valence electrons. The molecule has 1 saturated heterocycles. The largest absolute Gasteiger partial charge is 0.339 e. The lowest BCUT2D eigenvalue weighted by molar-refractivity contribution is 0.0760. The van der Waals surface area contributed by atoms with Crippen molar-refractivity contribution in [2.24, 2.45) is 5.92 Å². The van der Waals surface area contributed by atoms with Gasteiger partial charge in [0, 0.05) is 25.2 Å². The normalized spacial score (nSPS) is 18.6. The molecular weight excluding hydrogens is 322 g/mol. The lowest BCUT2D eigenvalue weighted by atomic mass is 10.0. The van der Waals surface area contributed by atoms with Gasteiger partial charge in [0.1, 0.15) is 0 Å². The Hall–Kier alpha value is -1.95. The zero-order valence-electron chi connectivity index (χ0n) is 14.2. The summed E-state index contributed by atoms with van der Waals surface area (Å²) in [5.41, 5.74) is 1.12. The summed E-state index contributed by atoms with van der Waals surface area (Å²) >= 11 is 5.24. The zero-order valence-corrected chi connectivity index (χ0v) is 15.0. The van der Waals surface area contributed by atoms with Gasteiger partial charge in [0.15, 0.2) is 4.77 Å². The van der Waals surface area contributed by atoms with E-state index in [2.05, 4.69) is 11.9 Å². The van der Waals surface area contributed by atoms with Crippen LogP contribution < -0.4 is 5.56 Å². The molecule has 1 aliphatic rings. The first-order valence-electron chi connectivity index (χ1n) is 8.57. The second-order valence-corrected chi connectivity index (χ2v) is 6.95. The molecule has 1 aromatic carbocycles. The van der Waals surface area contributed by atoms with Crippen molar-refractivity contribution in [3.8, 4) is 0 Å². The predicted octanol–water partition coefficient (Wildman–Crippen LogP) is 3.34. The number of nitrogens with zero attached hydrogens (tertiary/aromatic N) is 2. The molecule has 0 aliphatic carbocycles. The summed E-state index contributed by atoms with van der Waals surface area (Å²) < 4.78 is 1.92. The summed E-state index contributed by atoms with van der Waals surface area (Å²) in [5.74, 6) is 0.702. The number of aromatic amines is 1. The minimum absolute atomic E-state index is 0.0324. The monoisotopic (exact) mass is 345 g/mol. The van der Waals surface area contributed by atoms with Crippen LogP contribution in [0.15, 0.2) is 23.0 Å². The number of hydrogen-bond acceptors (Lipinski definition) is 3. The van der Waals surface area contributed by atoms with Crippen molar-refractivity contribution < 1.29 is 4.79 Å². The second-order valence-electron chi connectivity index (χ2n) is 6.57. The Labute approximate surface area is 146 Å². The Morgan fingerprint density at radius 2 is 2.12 bits per heavy atom. The third kappa shape index (κ3) is 3.15. The summed E-state index contributed by atoms with van der Waals surface area (Å²) in [5, 5.41) is 0.562. The molecule has 1 amide bonds. The first-order valence-corrected chi connectivity index (χ1v) is 8.98. The number of likely N-dealkylation sites (tertiary alicyclic amines) is 1. The first kappa shape index (κ1) is 16.9. The van der Waals surface area contributed by atoms with E-state index in [0.717, 1.165) is 25.9 Å². The van der Waals surface area contributed by atoms with E-state index in [4.69, 9.17) is 12.2 Å². The minimum atomic E-state index is -0.112. The number of aromatic nitrogens is 2. The van der Waals surface area contributed by atoms with E-state index < -0.39 is 0 Å². The second kappa shape index (κ2) is 6.89. The number of carbonyl (C=O) groups excluding carboxylic acids is 1. The summed E-state index contributed by atoms with van der Waals surface area (Å²) in [4.78, 5) is 30.2. The van der Waals surface area contributed by atoms with Gasteiger partial charge in [-0.05, 0) is 62.5 Å². The molecule has 2 aromatic rings. The van der Waals surface area contributed by atoms with Crippen LogP contribution in [0.4, 0.5) is 0 Å². The molecule has 1 aliphatic heterocycles. The van der Waals surface area contributed by atoms with E-state index in [0.29, 0.717) is 33.7 Å². The number of nitrogens with one attached hydrogen (secondary N) is 1. The lowest BCUT2D eigenvalue weighted by Gasteiger charge is -2.20. The van der Waals surface area contributed by atoms with E-state index in [1.54, 1.807) is 18.2 Å². The maximum Gasteiger partial charge on any atom is 0.262 e. The number of benzene rings is 1. The van der Waals surface area contributed by atoms with Crippen LogP contribution in [-0.2, 0) is 6.54 Å². The van der Waals surface area contributed by atoms with Gasteiger partial charge in [-0.2, -0.15) is 0 Å². The smallest absolute Gasteiger partial charge is 0.262 e. The standard InChI is InChI=1S/C18H23N3O2S/c1-3-21-17(23)14-7-6-13(11-15(14)19-18(21)24)16(22)20-9-4-5-12(2)8-10-20/h6-7,11-12H,3-5,8-10H2,1-2H3,(H,19,24)/t12-/m0/s1. The van der Waals surface area contributed by atoms with Crippen LogP contribution in [0.5, 0.6) is 0 Å². The van der Waals surface area contributed by atoms with Crippen LogP contribution in [0.25, 0.3) is 10.9 Å². The average Bonchev–Trinajstić information content (AvgIpc) is 2.78. The molecule has 2 heterocycles. The third-order valence-electron chi connectivity index (χ3n) is 4.85. The molecule has 0 spiro atoms. The highest BCUT2D eigenvalue weighted by molar-refractivity contribution is 7.71. The molecule has 3 rings (SSSR count). The molecule has 0 saturated carbocycles. The van der Waals surface area contributed by atoms with Gasteiger partial charge in [-0.25, -0.2) is 0 Å². The molecule has 1 fully saturated rings. The summed E-state index contributed by atoms with van der Waals surface area (Å²) in [7, 11) is 0. The van der Waals surface area contributed by atoms with Gasteiger partial charge in [-0.15, -0.1) is 0 Å². The van der Waals surface area contributed by atoms with E-state index in [1.165, 1.54) is 11.0 Å². The fraction of sp³-hybridized carbons (Fsp3) is 0.500. The number of hydrogen-bond donors (Lipinski definition) is 1. The van der Waals surface area contributed by atoms with Crippen molar-refractivity contribution in [2.45, 2.75) is 39.7 Å². The van der Waals surface area contributed by atoms with Crippen LogP contribution >= 0.6 is 12.2 Å². The van der Waals surface area contributed by atoms with Crippen LogP contribution in [0.3, 0.4) is 0 Å². The summed E-state index contributed by atoms with van der Waals surface area (Å²) in [6.07, 6.45) is 3.26. The molecule has 6 heteroatoms. The summed E-state index contributed by atoms with van der Waals surface area (Å²) in [6.45, 7) is 6.24. The van der Waals surface area contributed by atoms with Gasteiger partial charge < -0.3 is 9.88 Å². The van der Waals surface area contributed by atoms with Gasteiger partial charge in [0.2, 0.25) is 0 Å². The molecule has 0 radical (unpaired) electrons. The molecule has 0 unspecified atom stereocenters. The van der Waals surface area contributed by atoms with Crippen molar-refractivity contribution >= 4 is 29.0 Å². The first-order chi connectivity index (χ1) is 11.5. The van der Waals surface area contributed by atoms with Crippen LogP contribution in [0.2, 0.25) is 0 Å². The van der Waals surface area contributed by atoms with E-state index in [1.807, 2.05) is 11.8 Å². The van der Waals surface area contributed by atoms with Crippen molar-refractivity contribution in [1.82, 2.24) is 14.5 Å². The molecule has 1 atom stereocenters. The molecule has 0 bridgehead atoms. The SMILES string of the molecule is CCn1c(=S)[nH]c2cc(C(=O)N3CCC[C@H](C)CC3)ccc2c1=O. The van der Waals surface area contributed by atoms with E-state index in [9.17, 15) is 9.59 Å². The number of carbonyl (C=O) groups is 1. The highest BCUT2D eigenvalue weighted by Gasteiger charge is 2.20. The highest BCUT2D eigenvalue weighted by Crippen LogP contribution is 2.19.